The van der Waals surface area contributed by atoms with Crippen LogP contribution in [0.2, 0.25) is 0 Å². The molecular weight excluding hydrogens is 468 g/mol. The Morgan fingerprint density at radius 2 is 2.06 bits per heavy atom. The van der Waals surface area contributed by atoms with E-state index < -0.39 is 29.3 Å². The molecular formula is C21H29BrN4O5. The molecule has 1 amide bonds. The van der Waals surface area contributed by atoms with E-state index in [9.17, 15) is 20.1 Å². The van der Waals surface area contributed by atoms with E-state index in [1.165, 1.54) is 17.7 Å². The molecule has 9 nitrogen and oxygen atoms in total. The van der Waals surface area contributed by atoms with E-state index >= 15 is 0 Å². The van der Waals surface area contributed by atoms with E-state index in [2.05, 4.69) is 26.2 Å². The SMILES string of the molecule is CC(C)(C)C1C(O)C(O)(COc2ccc3c(nnn3CC3CC3)c2Br)CCN1C(=O)O. The van der Waals surface area contributed by atoms with Crippen LogP contribution in [0.25, 0.3) is 11.0 Å². The summed E-state index contributed by atoms with van der Waals surface area (Å²) in [6.45, 7) is 6.33. The van der Waals surface area contributed by atoms with Crippen LogP contribution in [0.3, 0.4) is 0 Å². The number of carbonyl (C=O) groups is 1. The third-order valence-electron chi connectivity index (χ3n) is 6.30. The van der Waals surface area contributed by atoms with Gasteiger partial charge >= 0.3 is 6.09 Å². The van der Waals surface area contributed by atoms with Crippen LogP contribution in [0.1, 0.15) is 40.0 Å². The van der Waals surface area contributed by atoms with Gasteiger partial charge in [0, 0.05) is 13.1 Å². The Hall–Kier alpha value is -1.91. The first-order valence-corrected chi connectivity index (χ1v) is 11.3. The van der Waals surface area contributed by atoms with E-state index in [1.807, 2.05) is 31.5 Å². The van der Waals surface area contributed by atoms with E-state index in [4.69, 9.17) is 4.74 Å². The number of fused-ring (bicyclic) bond motifs is 1. The van der Waals surface area contributed by atoms with Gasteiger partial charge in [-0.1, -0.05) is 26.0 Å². The number of aromatic nitrogens is 3. The van der Waals surface area contributed by atoms with Crippen LogP contribution in [0.5, 0.6) is 5.75 Å². The highest BCUT2D eigenvalue weighted by Crippen LogP contribution is 2.39. The van der Waals surface area contributed by atoms with Gasteiger partial charge in [0.1, 0.15) is 29.6 Å². The Morgan fingerprint density at radius 3 is 2.68 bits per heavy atom. The largest absolute Gasteiger partial charge is 0.489 e. The molecule has 2 aromatic rings. The highest BCUT2D eigenvalue weighted by Gasteiger charge is 2.52. The van der Waals surface area contributed by atoms with Crippen LogP contribution >= 0.6 is 15.9 Å². The lowest BCUT2D eigenvalue weighted by Crippen LogP contribution is -2.67. The first-order chi connectivity index (χ1) is 14.5. The molecule has 2 heterocycles. The fourth-order valence-corrected chi connectivity index (χ4v) is 4.89. The monoisotopic (exact) mass is 496 g/mol. The Bertz CT molecular complexity index is 986. The normalized spacial score (nSPS) is 27.0. The lowest BCUT2D eigenvalue weighted by atomic mass is 9.73. The molecule has 0 spiro atoms. The summed E-state index contributed by atoms with van der Waals surface area (Å²) in [5.41, 5.74) is -0.556. The number of piperidine rings is 1. The lowest BCUT2D eigenvalue weighted by Gasteiger charge is -2.51. The molecule has 2 aliphatic rings. The molecule has 1 saturated carbocycles. The second-order valence-electron chi connectivity index (χ2n) is 9.83. The minimum atomic E-state index is -1.58. The molecule has 3 N–H and O–H groups in total. The summed E-state index contributed by atoms with van der Waals surface area (Å²) in [5.74, 6) is 1.15. The average Bonchev–Trinajstić information content (AvgIpc) is 3.40. The molecule has 1 aromatic carbocycles. The van der Waals surface area contributed by atoms with Crippen molar-refractivity contribution in [1.29, 1.82) is 0 Å². The van der Waals surface area contributed by atoms with Crippen molar-refractivity contribution < 1.29 is 24.9 Å². The number of amides is 1. The number of nitrogens with zero attached hydrogens (tertiary/aromatic N) is 4. The van der Waals surface area contributed by atoms with Crippen LogP contribution in [-0.4, -0.2) is 72.2 Å². The topological polar surface area (TPSA) is 121 Å². The molecule has 170 valence electrons. The molecule has 10 heteroatoms. The first-order valence-electron chi connectivity index (χ1n) is 10.6. The highest BCUT2D eigenvalue weighted by atomic mass is 79.9. The molecule has 0 bridgehead atoms. The Balaban J connectivity index is 1.53. The number of hydrogen-bond acceptors (Lipinski definition) is 6. The fourth-order valence-electron chi connectivity index (χ4n) is 4.36. The van der Waals surface area contributed by atoms with Gasteiger partial charge in [-0.2, -0.15) is 0 Å². The molecule has 1 aliphatic carbocycles. The summed E-state index contributed by atoms with van der Waals surface area (Å²) in [6, 6.07) is 2.92. The van der Waals surface area contributed by atoms with Crippen molar-refractivity contribution in [1.82, 2.24) is 19.9 Å². The van der Waals surface area contributed by atoms with Crippen LogP contribution in [0.4, 0.5) is 4.79 Å². The Labute approximate surface area is 189 Å². The fraction of sp³-hybridized carbons (Fsp3) is 0.667. The Morgan fingerprint density at radius 1 is 1.35 bits per heavy atom. The van der Waals surface area contributed by atoms with Gasteiger partial charge in [-0.25, -0.2) is 9.48 Å². The summed E-state index contributed by atoms with van der Waals surface area (Å²) >= 11 is 3.54. The molecule has 2 fully saturated rings. The van der Waals surface area contributed by atoms with E-state index in [0.29, 0.717) is 21.7 Å². The number of ether oxygens (including phenoxy) is 1. The summed E-state index contributed by atoms with van der Waals surface area (Å²) in [6.07, 6.45) is 0.118. The number of aliphatic hydroxyl groups is 2. The Kier molecular flexibility index (Phi) is 5.68. The zero-order valence-corrected chi connectivity index (χ0v) is 19.5. The summed E-state index contributed by atoms with van der Waals surface area (Å²) in [5, 5.41) is 40.2. The van der Waals surface area contributed by atoms with Gasteiger partial charge in [0.25, 0.3) is 0 Å². The molecule has 0 radical (unpaired) electrons. The van der Waals surface area contributed by atoms with Crippen molar-refractivity contribution >= 4 is 33.1 Å². The predicted octanol–water partition coefficient (Wildman–Crippen LogP) is 2.87. The minimum Gasteiger partial charge on any atom is -0.489 e. The number of rotatable bonds is 5. The third-order valence-corrected chi connectivity index (χ3v) is 7.07. The maximum atomic E-state index is 11.7. The number of aliphatic hydroxyl groups excluding tert-OH is 1. The predicted molar refractivity (Wildman–Crippen MR) is 117 cm³/mol. The summed E-state index contributed by atoms with van der Waals surface area (Å²) in [7, 11) is 0. The van der Waals surface area contributed by atoms with Gasteiger partial charge in [-0.05, 0) is 58.7 Å². The molecule has 1 aromatic heterocycles. The van der Waals surface area contributed by atoms with Crippen molar-refractivity contribution in [3.8, 4) is 5.75 Å². The van der Waals surface area contributed by atoms with Gasteiger partial charge < -0.3 is 25.0 Å². The number of hydrogen-bond donors (Lipinski definition) is 3. The molecule has 1 aliphatic heterocycles. The van der Waals surface area contributed by atoms with Gasteiger partial charge in [-0.15, -0.1) is 5.10 Å². The molecule has 4 rings (SSSR count). The van der Waals surface area contributed by atoms with Crippen LogP contribution in [0.15, 0.2) is 16.6 Å². The summed E-state index contributed by atoms with van der Waals surface area (Å²) < 4.78 is 8.45. The minimum absolute atomic E-state index is 0.0739. The molecule has 1 saturated heterocycles. The smallest absolute Gasteiger partial charge is 0.407 e. The maximum absolute atomic E-state index is 11.7. The number of likely N-dealkylation sites (tertiary alicyclic amines) is 1. The molecule has 3 unspecified atom stereocenters. The van der Waals surface area contributed by atoms with Crippen LogP contribution in [0, 0.1) is 11.3 Å². The second-order valence-corrected chi connectivity index (χ2v) is 10.6. The van der Waals surface area contributed by atoms with E-state index in [1.54, 1.807) is 6.07 Å². The van der Waals surface area contributed by atoms with E-state index in [-0.39, 0.29) is 19.6 Å². The van der Waals surface area contributed by atoms with Crippen molar-refractivity contribution in [2.75, 3.05) is 13.2 Å². The van der Waals surface area contributed by atoms with Gasteiger partial charge in [-0.3, -0.25) is 0 Å². The van der Waals surface area contributed by atoms with Crippen molar-refractivity contribution in [2.45, 2.75) is 64.3 Å². The standard InChI is InChI=1S/C21H29BrN4O5/c1-20(2,3)17-18(27)21(30,8-9-25(17)19(28)29)11-31-14-7-6-13-16(15(14)22)23-24-26(13)10-12-4-5-12/h6-7,12,17-18,27,30H,4-5,8-11H2,1-3H3,(H,28,29). The second kappa shape index (κ2) is 7.90. The first kappa shape index (κ1) is 22.3. The van der Waals surface area contributed by atoms with Gasteiger partial charge in [0.2, 0.25) is 0 Å². The van der Waals surface area contributed by atoms with Crippen LogP contribution < -0.4 is 4.74 Å². The van der Waals surface area contributed by atoms with Crippen LogP contribution in [-0.2, 0) is 6.54 Å². The number of benzene rings is 1. The summed E-state index contributed by atoms with van der Waals surface area (Å²) in [4.78, 5) is 12.9. The zero-order valence-electron chi connectivity index (χ0n) is 18.0. The van der Waals surface area contributed by atoms with Gasteiger partial charge in [0.05, 0.1) is 16.0 Å². The maximum Gasteiger partial charge on any atom is 0.407 e. The average molecular weight is 497 g/mol. The number of halogens is 1. The number of carboxylic acid groups (broad SMARTS) is 1. The van der Waals surface area contributed by atoms with Crippen molar-refractivity contribution in [3.63, 3.8) is 0 Å². The molecule has 3 atom stereocenters. The quantitative estimate of drug-likeness (QED) is 0.581. The highest BCUT2D eigenvalue weighted by molar-refractivity contribution is 9.10. The van der Waals surface area contributed by atoms with E-state index in [0.717, 1.165) is 12.1 Å². The third kappa shape index (κ3) is 4.25. The van der Waals surface area contributed by atoms with Crippen molar-refractivity contribution in [2.24, 2.45) is 11.3 Å². The molecule has 31 heavy (non-hydrogen) atoms. The lowest BCUT2D eigenvalue weighted by molar-refractivity contribution is -0.172. The zero-order chi connectivity index (χ0) is 22.6. The van der Waals surface area contributed by atoms with Gasteiger partial charge in [0.15, 0.2) is 0 Å². The van der Waals surface area contributed by atoms with Crippen molar-refractivity contribution in [3.05, 3.63) is 16.6 Å².